The smallest absolute Gasteiger partial charge is 0.273 e. The molecule has 0 unspecified atom stereocenters. The third-order valence-electron chi connectivity index (χ3n) is 6.44. The number of amides is 2. The summed E-state index contributed by atoms with van der Waals surface area (Å²) in [6.07, 6.45) is 1.65. The second-order valence-corrected chi connectivity index (χ2v) is 8.88. The lowest BCUT2D eigenvalue weighted by Crippen LogP contribution is -2.63. The van der Waals surface area contributed by atoms with Crippen molar-refractivity contribution in [2.24, 2.45) is 0 Å². The molecular formula is C27H32N4O3. The molecule has 178 valence electrons. The van der Waals surface area contributed by atoms with E-state index in [0.717, 1.165) is 23.2 Å². The van der Waals surface area contributed by atoms with E-state index in [2.05, 4.69) is 24.4 Å². The van der Waals surface area contributed by atoms with Crippen molar-refractivity contribution in [3.05, 3.63) is 77.5 Å². The fourth-order valence-electron chi connectivity index (χ4n) is 4.31. The number of fused-ring (bicyclic) bond motifs is 1. The Labute approximate surface area is 200 Å². The minimum Gasteiger partial charge on any atom is -0.385 e. The predicted octanol–water partition coefficient (Wildman–Crippen LogP) is 3.68. The Morgan fingerprint density at radius 1 is 1.12 bits per heavy atom. The number of benzene rings is 2. The molecule has 0 saturated heterocycles. The molecule has 0 radical (unpaired) electrons. The minimum absolute atomic E-state index is 0.190. The molecule has 7 heteroatoms. The van der Waals surface area contributed by atoms with E-state index in [9.17, 15) is 9.59 Å². The Morgan fingerprint density at radius 2 is 1.82 bits per heavy atom. The zero-order valence-electron chi connectivity index (χ0n) is 20.1. The lowest BCUT2D eigenvalue weighted by Gasteiger charge is -2.43. The molecule has 3 aromatic rings. The van der Waals surface area contributed by atoms with Crippen molar-refractivity contribution in [2.45, 2.75) is 45.3 Å². The number of rotatable bonds is 9. The molecule has 1 aliphatic rings. The first-order valence-electron chi connectivity index (χ1n) is 11.8. The van der Waals surface area contributed by atoms with Gasteiger partial charge in [0.15, 0.2) is 0 Å². The van der Waals surface area contributed by atoms with Crippen LogP contribution in [0.4, 0.5) is 0 Å². The fraction of sp³-hybridized carbons (Fsp3) is 0.370. The molecule has 0 bridgehead atoms. The highest BCUT2D eigenvalue weighted by Crippen LogP contribution is 2.31. The van der Waals surface area contributed by atoms with Gasteiger partial charge in [-0.3, -0.25) is 14.3 Å². The van der Waals surface area contributed by atoms with Crippen molar-refractivity contribution in [1.82, 2.24) is 20.0 Å². The molecule has 2 heterocycles. The van der Waals surface area contributed by atoms with E-state index in [0.29, 0.717) is 31.8 Å². The second-order valence-electron chi connectivity index (χ2n) is 8.88. The molecule has 7 nitrogen and oxygen atoms in total. The van der Waals surface area contributed by atoms with E-state index in [4.69, 9.17) is 9.84 Å². The van der Waals surface area contributed by atoms with E-state index < -0.39 is 5.54 Å². The van der Waals surface area contributed by atoms with Crippen molar-refractivity contribution in [3.63, 3.8) is 0 Å². The van der Waals surface area contributed by atoms with Gasteiger partial charge in [0, 0.05) is 32.4 Å². The number of carbonyl (C=O) groups excluding carboxylic acids is 2. The van der Waals surface area contributed by atoms with Gasteiger partial charge >= 0.3 is 0 Å². The van der Waals surface area contributed by atoms with Gasteiger partial charge in [0.05, 0.1) is 12.2 Å². The average Bonchev–Trinajstić information content (AvgIpc) is 3.29. The van der Waals surface area contributed by atoms with Gasteiger partial charge in [-0.1, -0.05) is 61.5 Å². The highest BCUT2D eigenvalue weighted by Gasteiger charge is 2.47. The monoisotopic (exact) mass is 460 g/mol. The van der Waals surface area contributed by atoms with Crippen LogP contribution in [0.5, 0.6) is 0 Å². The maximum absolute atomic E-state index is 13.8. The van der Waals surface area contributed by atoms with Crippen LogP contribution in [-0.4, -0.2) is 52.3 Å². The van der Waals surface area contributed by atoms with Gasteiger partial charge in [-0.05, 0) is 37.0 Å². The number of aromatic nitrogens is 2. The van der Waals surface area contributed by atoms with Crippen LogP contribution in [0.15, 0.2) is 60.7 Å². The summed E-state index contributed by atoms with van der Waals surface area (Å²) < 4.78 is 6.77. The molecule has 4 rings (SSSR count). The van der Waals surface area contributed by atoms with Crippen LogP contribution in [0, 0.1) is 0 Å². The highest BCUT2D eigenvalue weighted by molar-refractivity contribution is 6.00. The molecule has 0 saturated carbocycles. The number of methoxy groups -OCH3 is 1. The highest BCUT2D eigenvalue weighted by atomic mass is 16.5. The van der Waals surface area contributed by atoms with Gasteiger partial charge < -0.3 is 15.0 Å². The van der Waals surface area contributed by atoms with Crippen molar-refractivity contribution in [3.8, 4) is 11.3 Å². The fourth-order valence-corrected chi connectivity index (χ4v) is 4.31. The summed E-state index contributed by atoms with van der Waals surface area (Å²) in [5.74, 6) is -0.389. The number of ether oxygens (including phenoxy) is 1. The van der Waals surface area contributed by atoms with Gasteiger partial charge in [-0.15, -0.1) is 0 Å². The number of aryl methyl sites for hydroxylation is 1. The van der Waals surface area contributed by atoms with Crippen molar-refractivity contribution in [1.29, 1.82) is 0 Å². The molecule has 1 atom stereocenters. The van der Waals surface area contributed by atoms with Crippen molar-refractivity contribution < 1.29 is 14.3 Å². The summed E-state index contributed by atoms with van der Waals surface area (Å²) >= 11 is 0. The Kier molecular flexibility index (Phi) is 7.12. The van der Waals surface area contributed by atoms with Gasteiger partial charge in [-0.2, -0.15) is 5.10 Å². The largest absolute Gasteiger partial charge is 0.385 e. The molecule has 1 aromatic heterocycles. The maximum atomic E-state index is 13.8. The molecule has 1 N–H and O–H groups in total. The minimum atomic E-state index is -1.08. The molecule has 34 heavy (non-hydrogen) atoms. The van der Waals surface area contributed by atoms with Crippen LogP contribution in [0.25, 0.3) is 11.3 Å². The van der Waals surface area contributed by atoms with Gasteiger partial charge in [-0.25, -0.2) is 0 Å². The zero-order valence-corrected chi connectivity index (χ0v) is 20.1. The van der Waals surface area contributed by atoms with Crippen LogP contribution >= 0.6 is 0 Å². The summed E-state index contributed by atoms with van der Waals surface area (Å²) in [4.78, 5) is 28.9. The lowest BCUT2D eigenvalue weighted by molar-refractivity contribution is -0.133. The zero-order chi connectivity index (χ0) is 24.1. The number of carbonyl (C=O) groups is 2. The maximum Gasteiger partial charge on any atom is 0.273 e. The first kappa shape index (κ1) is 23.7. The first-order valence-corrected chi connectivity index (χ1v) is 11.8. The molecule has 0 aliphatic carbocycles. The summed E-state index contributed by atoms with van der Waals surface area (Å²) in [5, 5.41) is 7.69. The van der Waals surface area contributed by atoms with E-state index in [1.807, 2.05) is 55.5 Å². The Balaban J connectivity index is 1.67. The van der Waals surface area contributed by atoms with Crippen LogP contribution in [-0.2, 0) is 29.0 Å². The van der Waals surface area contributed by atoms with E-state index in [1.54, 1.807) is 16.7 Å². The third-order valence-corrected chi connectivity index (χ3v) is 6.44. The van der Waals surface area contributed by atoms with Gasteiger partial charge in [0.25, 0.3) is 5.91 Å². The summed E-state index contributed by atoms with van der Waals surface area (Å²) in [6, 6.07) is 19.8. The summed E-state index contributed by atoms with van der Waals surface area (Å²) in [5.41, 5.74) is 3.29. The molecule has 2 amide bonds. The third kappa shape index (κ3) is 4.75. The number of nitrogens with zero attached hydrogens (tertiary/aromatic N) is 3. The van der Waals surface area contributed by atoms with Crippen LogP contribution in [0.3, 0.4) is 0 Å². The SMILES string of the molecule is CCc1ccc(CN2C(=O)c3cc(-c4ccccc4)nn3C[C@]2(C)C(=O)NCCCOC)cc1. The Bertz CT molecular complexity index is 1140. The van der Waals surface area contributed by atoms with E-state index >= 15 is 0 Å². The molecule has 1 aliphatic heterocycles. The summed E-state index contributed by atoms with van der Waals surface area (Å²) in [6.45, 7) is 5.61. The molecule has 2 aromatic carbocycles. The molecule has 0 spiro atoms. The quantitative estimate of drug-likeness (QED) is 0.494. The summed E-state index contributed by atoms with van der Waals surface area (Å²) in [7, 11) is 1.64. The standard InChI is InChI=1S/C27H32N4O3/c1-4-20-11-13-21(14-12-20)18-30-25(32)24-17-23(22-9-6-5-7-10-22)29-31(24)19-27(30,2)26(33)28-15-8-16-34-3/h5-7,9-14,17H,4,8,15-16,18-19H2,1-3H3,(H,28,33)/t27-/m1/s1. The van der Waals surface area contributed by atoms with Gasteiger partial charge in [0.2, 0.25) is 5.91 Å². The number of nitrogens with one attached hydrogen (secondary N) is 1. The normalized spacial score (nSPS) is 17.5. The Morgan fingerprint density at radius 3 is 2.50 bits per heavy atom. The first-order chi connectivity index (χ1) is 16.5. The van der Waals surface area contributed by atoms with E-state index in [-0.39, 0.29) is 18.4 Å². The molecular weight excluding hydrogens is 428 g/mol. The van der Waals surface area contributed by atoms with Crippen LogP contribution in [0.1, 0.15) is 41.9 Å². The number of hydrogen-bond donors (Lipinski definition) is 1. The van der Waals surface area contributed by atoms with E-state index in [1.165, 1.54) is 5.56 Å². The second kappa shape index (κ2) is 10.2. The lowest BCUT2D eigenvalue weighted by atomic mass is 9.94. The van der Waals surface area contributed by atoms with Crippen molar-refractivity contribution in [2.75, 3.05) is 20.3 Å². The van der Waals surface area contributed by atoms with Crippen LogP contribution < -0.4 is 5.32 Å². The predicted molar refractivity (Wildman–Crippen MR) is 131 cm³/mol. The van der Waals surface area contributed by atoms with Crippen LogP contribution in [0.2, 0.25) is 0 Å². The molecule has 0 fully saturated rings. The van der Waals surface area contributed by atoms with Crippen molar-refractivity contribution >= 4 is 11.8 Å². The number of hydrogen-bond acceptors (Lipinski definition) is 4. The Hall–Kier alpha value is -3.45. The average molecular weight is 461 g/mol. The van der Waals surface area contributed by atoms with Gasteiger partial charge in [0.1, 0.15) is 11.2 Å². The topological polar surface area (TPSA) is 76.5 Å².